The van der Waals surface area contributed by atoms with Gasteiger partial charge >= 0.3 is 51.5 Å². The summed E-state index contributed by atoms with van der Waals surface area (Å²) in [5.74, 6) is -0.651. The Morgan fingerprint density at radius 2 is 0.800 bits per heavy atom. The Balaban J connectivity index is -0.000000882. The first-order valence-corrected chi connectivity index (χ1v) is 11.0. The van der Waals surface area contributed by atoms with Crippen LogP contribution in [-0.2, 0) is 4.79 Å². The first-order chi connectivity index (χ1) is 11.8. The number of carboxylic acids is 1. The van der Waals surface area contributed by atoms with Crippen molar-refractivity contribution >= 4 is 51.5 Å². The Morgan fingerprint density at radius 1 is 0.560 bits per heavy atom. The normalized spacial score (nSPS) is 10.6. The maximum atomic E-state index is 10.4. The monoisotopic (exact) mass is 430 g/mol. The predicted octanol–water partition coefficient (Wildman–Crippen LogP) is 7.74. The largest absolute Gasteiger partial charge is 2.00 e. The first kappa shape index (κ1) is 28.2. The summed E-state index contributed by atoms with van der Waals surface area (Å²) in [6.45, 7) is 2.28. The summed E-state index contributed by atoms with van der Waals surface area (Å²) in [5, 5.41) is 8.56. The molecule has 0 amide bonds. The zero-order valence-corrected chi connectivity index (χ0v) is 20.7. The summed E-state index contributed by atoms with van der Waals surface area (Å²) in [5.41, 5.74) is 0. The molecule has 0 aliphatic rings. The summed E-state index contributed by atoms with van der Waals surface area (Å²) in [7, 11) is 0. The van der Waals surface area contributed by atoms with E-state index in [-0.39, 0.29) is 48.3 Å². The van der Waals surface area contributed by atoms with Crippen molar-refractivity contribution in [2.75, 3.05) is 0 Å². The minimum Gasteiger partial charge on any atom is -1.00 e. The molecular formula is C22H46O2Sr. The summed E-state index contributed by atoms with van der Waals surface area (Å²) in [6.07, 6.45) is 26.1. The molecule has 0 unspecified atom stereocenters. The van der Waals surface area contributed by atoms with Gasteiger partial charge in [0.25, 0.3) is 0 Å². The van der Waals surface area contributed by atoms with E-state index in [1.54, 1.807) is 0 Å². The number of carbonyl (C=O) groups is 1. The zero-order chi connectivity index (χ0) is 17.7. The van der Waals surface area contributed by atoms with E-state index in [0.717, 1.165) is 12.8 Å². The van der Waals surface area contributed by atoms with Crippen LogP contribution in [0.4, 0.5) is 0 Å². The molecule has 25 heavy (non-hydrogen) atoms. The number of aliphatic carboxylic acids is 1. The van der Waals surface area contributed by atoms with E-state index in [0.29, 0.717) is 6.42 Å². The van der Waals surface area contributed by atoms with Gasteiger partial charge in [0.1, 0.15) is 0 Å². The van der Waals surface area contributed by atoms with Gasteiger partial charge in [0, 0.05) is 6.42 Å². The summed E-state index contributed by atoms with van der Waals surface area (Å²) in [4.78, 5) is 10.4. The maximum absolute atomic E-state index is 10.4. The quantitative estimate of drug-likeness (QED) is 0.159. The van der Waals surface area contributed by atoms with E-state index in [2.05, 4.69) is 6.92 Å². The molecule has 0 heterocycles. The van der Waals surface area contributed by atoms with Crippen LogP contribution in [0.3, 0.4) is 0 Å². The molecule has 0 radical (unpaired) electrons. The van der Waals surface area contributed by atoms with Gasteiger partial charge < -0.3 is 7.96 Å². The van der Waals surface area contributed by atoms with Gasteiger partial charge in [0.05, 0.1) is 0 Å². The molecule has 0 rings (SSSR count). The van der Waals surface area contributed by atoms with Crippen molar-refractivity contribution in [3.8, 4) is 0 Å². The van der Waals surface area contributed by atoms with Crippen molar-refractivity contribution < 1.29 is 12.8 Å². The molecule has 0 aromatic rings. The van der Waals surface area contributed by atoms with Gasteiger partial charge in [-0.2, -0.15) is 0 Å². The Kier molecular flexibility index (Phi) is 28.1. The maximum Gasteiger partial charge on any atom is 2.00 e. The summed E-state index contributed by atoms with van der Waals surface area (Å²) >= 11 is 0. The second-order valence-corrected chi connectivity index (χ2v) is 7.51. The molecule has 3 heteroatoms. The van der Waals surface area contributed by atoms with Crippen LogP contribution in [-0.4, -0.2) is 56.6 Å². The third kappa shape index (κ3) is 27.3. The topological polar surface area (TPSA) is 37.3 Å². The average molecular weight is 430 g/mol. The van der Waals surface area contributed by atoms with Crippen molar-refractivity contribution in [1.29, 1.82) is 0 Å². The molecule has 0 aliphatic carbocycles. The first-order valence-electron chi connectivity index (χ1n) is 11.0. The van der Waals surface area contributed by atoms with Gasteiger partial charge in [-0.15, -0.1) is 0 Å². The predicted molar refractivity (Wildman–Crippen MR) is 114 cm³/mol. The molecule has 0 saturated heterocycles. The number of hydrogen-bond donors (Lipinski definition) is 1. The van der Waals surface area contributed by atoms with Gasteiger partial charge in [0.2, 0.25) is 0 Å². The van der Waals surface area contributed by atoms with Crippen LogP contribution in [0, 0.1) is 0 Å². The molecule has 0 aromatic heterocycles. The smallest absolute Gasteiger partial charge is 1.00 e. The fourth-order valence-corrected chi connectivity index (χ4v) is 3.35. The molecule has 1 N–H and O–H groups in total. The van der Waals surface area contributed by atoms with E-state index in [1.165, 1.54) is 109 Å². The van der Waals surface area contributed by atoms with E-state index in [4.69, 9.17) is 5.11 Å². The van der Waals surface area contributed by atoms with Crippen molar-refractivity contribution in [3.05, 3.63) is 0 Å². The summed E-state index contributed by atoms with van der Waals surface area (Å²) < 4.78 is 0. The van der Waals surface area contributed by atoms with Crippen LogP contribution in [0.5, 0.6) is 0 Å². The van der Waals surface area contributed by atoms with E-state index >= 15 is 0 Å². The van der Waals surface area contributed by atoms with E-state index in [9.17, 15) is 4.79 Å². The summed E-state index contributed by atoms with van der Waals surface area (Å²) in [6, 6.07) is 0. The fourth-order valence-electron chi connectivity index (χ4n) is 3.35. The van der Waals surface area contributed by atoms with Crippen LogP contribution < -0.4 is 0 Å². The van der Waals surface area contributed by atoms with Gasteiger partial charge in [-0.1, -0.05) is 122 Å². The third-order valence-electron chi connectivity index (χ3n) is 4.99. The molecule has 0 fully saturated rings. The van der Waals surface area contributed by atoms with Crippen molar-refractivity contribution in [2.45, 2.75) is 135 Å². The van der Waals surface area contributed by atoms with Crippen molar-refractivity contribution in [2.24, 2.45) is 0 Å². The second kappa shape index (κ2) is 25.0. The van der Waals surface area contributed by atoms with Gasteiger partial charge in [-0.3, -0.25) is 4.79 Å². The number of rotatable bonds is 20. The zero-order valence-electron chi connectivity index (χ0n) is 19.2. The number of unbranched alkanes of at least 4 members (excludes halogenated alkanes) is 18. The third-order valence-corrected chi connectivity index (χ3v) is 4.99. The molecule has 0 saturated carbocycles. The Labute approximate surface area is 198 Å². The van der Waals surface area contributed by atoms with Crippen molar-refractivity contribution in [3.63, 3.8) is 0 Å². The molecule has 0 atom stereocenters. The van der Waals surface area contributed by atoms with Gasteiger partial charge in [-0.05, 0) is 6.42 Å². The molecule has 0 aliphatic heterocycles. The Hall–Kier alpha value is 0.951. The van der Waals surface area contributed by atoms with E-state index < -0.39 is 5.97 Å². The molecule has 0 aromatic carbocycles. The Bertz CT molecular complexity index is 267. The minimum absolute atomic E-state index is 0. The van der Waals surface area contributed by atoms with Gasteiger partial charge in [0.15, 0.2) is 0 Å². The number of carboxylic acid groups (broad SMARTS) is 1. The van der Waals surface area contributed by atoms with E-state index in [1.807, 2.05) is 0 Å². The molecule has 0 bridgehead atoms. The fraction of sp³-hybridized carbons (Fsp3) is 0.955. The van der Waals surface area contributed by atoms with Crippen LogP contribution in [0.2, 0.25) is 0 Å². The van der Waals surface area contributed by atoms with Crippen LogP contribution >= 0.6 is 0 Å². The number of hydrogen-bond acceptors (Lipinski definition) is 1. The van der Waals surface area contributed by atoms with Crippen LogP contribution in [0.1, 0.15) is 138 Å². The minimum atomic E-state index is -0.651. The standard InChI is InChI=1S/C22H44O2.Sr.2H/c1-2-3-4-5-6-7-8-9-10-11-12-13-14-15-16-17-18-19-20-21-22(23)24;;;/h2-21H2,1H3,(H,23,24);;;/q;+2;2*-1. The van der Waals surface area contributed by atoms with Crippen molar-refractivity contribution in [1.82, 2.24) is 0 Å². The molecular weight excluding hydrogens is 384 g/mol. The molecule has 2 nitrogen and oxygen atoms in total. The molecule has 0 spiro atoms. The SMILES string of the molecule is CCCCCCCCCCCCCCCCCCCCCC(=O)O.[H-].[H-].[Sr+2]. The van der Waals surface area contributed by atoms with Crippen LogP contribution in [0.15, 0.2) is 0 Å². The Morgan fingerprint density at radius 3 is 1.04 bits per heavy atom. The average Bonchev–Trinajstić information content (AvgIpc) is 2.56. The van der Waals surface area contributed by atoms with Gasteiger partial charge in [-0.25, -0.2) is 0 Å². The van der Waals surface area contributed by atoms with Crippen LogP contribution in [0.25, 0.3) is 0 Å². The second-order valence-electron chi connectivity index (χ2n) is 7.51. The molecule has 148 valence electrons.